The summed E-state index contributed by atoms with van der Waals surface area (Å²) >= 11 is 1.54. The van der Waals surface area contributed by atoms with Gasteiger partial charge in [-0.05, 0) is 43.2 Å². The number of aromatic carboxylic acids is 1. The number of carboxylic acid groups (broad SMARTS) is 1. The third kappa shape index (κ3) is 2.16. The van der Waals surface area contributed by atoms with Crippen molar-refractivity contribution in [2.45, 2.75) is 20.3 Å². The zero-order valence-corrected chi connectivity index (χ0v) is 13.4. The molecule has 3 rings (SSSR count). The Kier molecular flexibility index (Phi) is 3.62. The third-order valence-electron chi connectivity index (χ3n) is 3.61. The zero-order valence-electron chi connectivity index (χ0n) is 12.6. The lowest BCUT2D eigenvalue weighted by Crippen LogP contribution is -2.05. The molecule has 0 saturated carbocycles. The van der Waals surface area contributed by atoms with E-state index in [0.717, 1.165) is 33.3 Å². The predicted molar refractivity (Wildman–Crippen MR) is 86.1 cm³/mol. The van der Waals surface area contributed by atoms with E-state index in [9.17, 15) is 9.90 Å². The average molecular weight is 316 g/mol. The molecular formula is C16H16N2O3S. The SMILES string of the molecule is CCc1sc2nc(C)c(C(=O)O)n2c1-c1ccc(OC)cc1. The maximum Gasteiger partial charge on any atom is 0.354 e. The number of hydrogen-bond donors (Lipinski definition) is 1. The minimum absolute atomic E-state index is 0.233. The first-order valence-electron chi connectivity index (χ1n) is 6.95. The van der Waals surface area contributed by atoms with E-state index in [1.165, 1.54) is 11.3 Å². The summed E-state index contributed by atoms with van der Waals surface area (Å²) in [5.41, 5.74) is 2.64. The van der Waals surface area contributed by atoms with Crippen LogP contribution in [0.25, 0.3) is 16.2 Å². The summed E-state index contributed by atoms with van der Waals surface area (Å²) in [6.07, 6.45) is 0.827. The van der Waals surface area contributed by atoms with E-state index in [1.54, 1.807) is 18.4 Å². The van der Waals surface area contributed by atoms with E-state index in [2.05, 4.69) is 11.9 Å². The fourth-order valence-corrected chi connectivity index (χ4v) is 3.72. The summed E-state index contributed by atoms with van der Waals surface area (Å²) in [5, 5.41) is 9.51. The van der Waals surface area contributed by atoms with Gasteiger partial charge >= 0.3 is 5.97 Å². The van der Waals surface area contributed by atoms with Crippen LogP contribution in [0, 0.1) is 6.92 Å². The van der Waals surface area contributed by atoms with E-state index < -0.39 is 5.97 Å². The monoisotopic (exact) mass is 316 g/mol. The van der Waals surface area contributed by atoms with Crippen molar-refractivity contribution in [3.63, 3.8) is 0 Å². The number of hydrogen-bond acceptors (Lipinski definition) is 4. The Morgan fingerprint density at radius 1 is 1.36 bits per heavy atom. The standard InChI is InChI=1S/C16H16N2O3S/c1-4-12-14(10-5-7-11(21-3)8-6-10)18-13(15(19)20)9(2)17-16(18)22-12/h5-8H,4H2,1-3H3,(H,19,20). The quantitative estimate of drug-likeness (QED) is 0.798. The Hall–Kier alpha value is -2.34. The molecule has 2 heterocycles. The fourth-order valence-electron chi connectivity index (χ4n) is 2.59. The van der Waals surface area contributed by atoms with Crippen LogP contribution in [0.2, 0.25) is 0 Å². The second kappa shape index (κ2) is 5.46. The van der Waals surface area contributed by atoms with Gasteiger partial charge in [-0.2, -0.15) is 0 Å². The highest BCUT2D eigenvalue weighted by molar-refractivity contribution is 7.17. The van der Waals surface area contributed by atoms with Gasteiger partial charge < -0.3 is 9.84 Å². The number of fused-ring (bicyclic) bond motifs is 1. The van der Waals surface area contributed by atoms with Crippen molar-refractivity contribution in [2.75, 3.05) is 7.11 Å². The number of rotatable bonds is 4. The van der Waals surface area contributed by atoms with Crippen LogP contribution in [-0.2, 0) is 6.42 Å². The summed E-state index contributed by atoms with van der Waals surface area (Å²) in [7, 11) is 1.62. The molecular weight excluding hydrogens is 300 g/mol. The van der Waals surface area contributed by atoms with Gasteiger partial charge in [0, 0.05) is 4.88 Å². The Morgan fingerprint density at radius 2 is 2.05 bits per heavy atom. The van der Waals surface area contributed by atoms with E-state index in [-0.39, 0.29) is 5.69 Å². The molecule has 1 N–H and O–H groups in total. The lowest BCUT2D eigenvalue weighted by molar-refractivity contribution is 0.0688. The number of nitrogens with zero attached hydrogens (tertiary/aromatic N) is 2. The highest BCUT2D eigenvalue weighted by atomic mass is 32.1. The molecule has 22 heavy (non-hydrogen) atoms. The Labute approximate surface area is 131 Å². The maximum atomic E-state index is 11.6. The number of imidazole rings is 1. The van der Waals surface area contributed by atoms with Crippen molar-refractivity contribution in [1.29, 1.82) is 0 Å². The molecule has 0 amide bonds. The molecule has 3 aromatic rings. The Balaban J connectivity index is 2.31. The van der Waals surface area contributed by atoms with Crippen molar-refractivity contribution in [2.24, 2.45) is 0 Å². The van der Waals surface area contributed by atoms with Gasteiger partial charge in [0.05, 0.1) is 18.5 Å². The number of methoxy groups -OCH3 is 1. The van der Waals surface area contributed by atoms with Gasteiger partial charge in [-0.25, -0.2) is 9.78 Å². The lowest BCUT2D eigenvalue weighted by atomic mass is 10.1. The van der Waals surface area contributed by atoms with Crippen molar-refractivity contribution in [3.8, 4) is 17.0 Å². The molecule has 5 nitrogen and oxygen atoms in total. The van der Waals surface area contributed by atoms with Gasteiger partial charge in [-0.15, -0.1) is 11.3 Å². The average Bonchev–Trinajstić information content (AvgIpc) is 3.00. The van der Waals surface area contributed by atoms with Crippen molar-refractivity contribution in [3.05, 3.63) is 40.5 Å². The maximum absolute atomic E-state index is 11.6. The Morgan fingerprint density at radius 3 is 2.59 bits per heavy atom. The van der Waals surface area contributed by atoms with E-state index >= 15 is 0 Å². The highest BCUT2D eigenvalue weighted by Crippen LogP contribution is 2.35. The van der Waals surface area contributed by atoms with E-state index in [0.29, 0.717) is 5.69 Å². The summed E-state index contributed by atoms with van der Waals surface area (Å²) in [6, 6.07) is 7.64. The summed E-state index contributed by atoms with van der Waals surface area (Å²) in [5.74, 6) is -0.186. The molecule has 0 unspecified atom stereocenters. The highest BCUT2D eigenvalue weighted by Gasteiger charge is 2.23. The second-order valence-electron chi connectivity index (χ2n) is 4.92. The molecule has 0 radical (unpaired) electrons. The van der Waals surface area contributed by atoms with Crippen molar-refractivity contribution >= 4 is 22.3 Å². The van der Waals surface area contributed by atoms with Crippen LogP contribution in [-0.4, -0.2) is 27.6 Å². The summed E-state index contributed by atoms with van der Waals surface area (Å²) < 4.78 is 6.94. The third-order valence-corrected chi connectivity index (χ3v) is 4.80. The fraction of sp³-hybridized carbons (Fsp3) is 0.250. The topological polar surface area (TPSA) is 63.8 Å². The van der Waals surface area contributed by atoms with Crippen LogP contribution in [0.1, 0.15) is 28.0 Å². The van der Waals surface area contributed by atoms with Crippen LogP contribution in [0.15, 0.2) is 24.3 Å². The largest absolute Gasteiger partial charge is 0.497 e. The van der Waals surface area contributed by atoms with Crippen molar-refractivity contribution < 1.29 is 14.6 Å². The van der Waals surface area contributed by atoms with Crippen LogP contribution < -0.4 is 4.74 Å². The van der Waals surface area contributed by atoms with Gasteiger partial charge in [0.25, 0.3) is 0 Å². The molecule has 6 heteroatoms. The van der Waals surface area contributed by atoms with E-state index in [1.807, 2.05) is 24.3 Å². The molecule has 1 aromatic carbocycles. The number of carbonyl (C=O) groups is 1. The number of aryl methyl sites for hydroxylation is 2. The number of carboxylic acids is 1. The molecule has 114 valence electrons. The first-order chi connectivity index (χ1) is 10.6. The van der Waals surface area contributed by atoms with Crippen molar-refractivity contribution in [1.82, 2.24) is 9.38 Å². The van der Waals surface area contributed by atoms with Crippen LogP contribution in [0.5, 0.6) is 5.75 Å². The van der Waals surface area contributed by atoms with Crippen LogP contribution in [0.3, 0.4) is 0 Å². The molecule has 2 aromatic heterocycles. The number of thiazole rings is 1. The normalized spacial score (nSPS) is 11.0. The lowest BCUT2D eigenvalue weighted by Gasteiger charge is -2.07. The zero-order chi connectivity index (χ0) is 15.9. The first-order valence-corrected chi connectivity index (χ1v) is 7.76. The molecule has 0 aliphatic rings. The van der Waals surface area contributed by atoms with Gasteiger partial charge in [-0.1, -0.05) is 6.92 Å². The smallest absolute Gasteiger partial charge is 0.354 e. The minimum Gasteiger partial charge on any atom is -0.497 e. The number of aromatic nitrogens is 2. The molecule has 0 spiro atoms. The summed E-state index contributed by atoms with van der Waals surface area (Å²) in [6.45, 7) is 3.79. The predicted octanol–water partition coefficient (Wildman–Crippen LogP) is 3.64. The molecule has 0 fully saturated rings. The number of benzene rings is 1. The molecule has 0 bridgehead atoms. The second-order valence-corrected chi connectivity index (χ2v) is 5.99. The Bertz CT molecular complexity index is 847. The van der Waals surface area contributed by atoms with Gasteiger partial charge in [-0.3, -0.25) is 4.40 Å². The first kappa shape index (κ1) is 14.6. The van der Waals surface area contributed by atoms with Crippen LogP contribution in [0.4, 0.5) is 0 Å². The molecule has 0 atom stereocenters. The van der Waals surface area contributed by atoms with Crippen LogP contribution >= 0.6 is 11.3 Å². The van der Waals surface area contributed by atoms with E-state index in [4.69, 9.17) is 4.74 Å². The van der Waals surface area contributed by atoms with Gasteiger partial charge in [0.1, 0.15) is 5.75 Å². The van der Waals surface area contributed by atoms with Gasteiger partial charge in [0.15, 0.2) is 10.7 Å². The van der Waals surface area contributed by atoms with Gasteiger partial charge in [0.2, 0.25) is 0 Å². The number of ether oxygens (including phenoxy) is 1. The minimum atomic E-state index is -0.958. The molecule has 0 aliphatic carbocycles. The molecule has 0 saturated heterocycles. The molecule has 0 aliphatic heterocycles. The summed E-state index contributed by atoms with van der Waals surface area (Å²) in [4.78, 5) is 17.8.